The van der Waals surface area contributed by atoms with Gasteiger partial charge in [0.05, 0.1) is 12.0 Å². The Kier molecular flexibility index (Phi) is 5.96. The maximum Gasteiger partial charge on any atom is 0.240 e. The quantitative estimate of drug-likeness (QED) is 0.793. The zero-order valence-corrected chi connectivity index (χ0v) is 14.1. The molecule has 2 rings (SSSR count). The van der Waals surface area contributed by atoms with Gasteiger partial charge in [-0.15, -0.1) is 0 Å². The van der Waals surface area contributed by atoms with Crippen LogP contribution in [0.2, 0.25) is 0 Å². The van der Waals surface area contributed by atoms with Gasteiger partial charge in [0, 0.05) is 6.54 Å². The van der Waals surface area contributed by atoms with E-state index in [-0.39, 0.29) is 11.4 Å². The Morgan fingerprint density at radius 1 is 1.04 bits per heavy atom. The van der Waals surface area contributed by atoms with Gasteiger partial charge in [-0.05, 0) is 37.1 Å². The Hall–Kier alpha value is -2.11. The summed E-state index contributed by atoms with van der Waals surface area (Å²) in [5.41, 5.74) is 2.09. The van der Waals surface area contributed by atoms with Crippen molar-refractivity contribution in [2.75, 3.05) is 13.7 Å². The first-order chi connectivity index (χ1) is 11.0. The number of allylic oxidation sites excluding steroid dienone is 1. The van der Waals surface area contributed by atoms with Crippen molar-refractivity contribution in [2.24, 2.45) is 0 Å². The number of rotatable bonds is 7. The van der Waals surface area contributed by atoms with Crippen LogP contribution in [0.4, 0.5) is 0 Å². The number of sulfonamides is 1. The van der Waals surface area contributed by atoms with Crippen LogP contribution in [0.5, 0.6) is 5.75 Å². The fourth-order valence-electron chi connectivity index (χ4n) is 2.12. The van der Waals surface area contributed by atoms with E-state index in [2.05, 4.69) is 4.72 Å². The summed E-state index contributed by atoms with van der Waals surface area (Å²) in [5, 5.41) is 0. The minimum Gasteiger partial charge on any atom is -0.496 e. The molecule has 0 heterocycles. The fraction of sp³-hybridized carbons (Fsp3) is 0.222. The van der Waals surface area contributed by atoms with Crippen molar-refractivity contribution >= 4 is 10.0 Å². The molecule has 23 heavy (non-hydrogen) atoms. The highest BCUT2D eigenvalue weighted by Crippen LogP contribution is 2.17. The number of nitrogens with one attached hydrogen (secondary N) is 1. The van der Waals surface area contributed by atoms with Gasteiger partial charge in [0.1, 0.15) is 5.75 Å². The van der Waals surface area contributed by atoms with Crippen molar-refractivity contribution in [1.82, 2.24) is 4.72 Å². The zero-order chi connectivity index (χ0) is 16.7. The zero-order valence-electron chi connectivity index (χ0n) is 13.3. The molecule has 0 radical (unpaired) electrons. The monoisotopic (exact) mass is 331 g/mol. The molecule has 0 atom stereocenters. The molecule has 0 bridgehead atoms. The minimum absolute atomic E-state index is 0.255. The van der Waals surface area contributed by atoms with Gasteiger partial charge >= 0.3 is 0 Å². The van der Waals surface area contributed by atoms with Crippen LogP contribution >= 0.6 is 0 Å². The van der Waals surface area contributed by atoms with E-state index in [1.165, 1.54) is 0 Å². The summed E-state index contributed by atoms with van der Waals surface area (Å²) < 4.78 is 32.1. The van der Waals surface area contributed by atoms with E-state index in [4.69, 9.17) is 4.74 Å². The molecule has 0 aliphatic carbocycles. The van der Waals surface area contributed by atoms with Crippen molar-refractivity contribution in [3.8, 4) is 5.75 Å². The molecular formula is C18H21NO3S. The lowest BCUT2D eigenvalue weighted by Crippen LogP contribution is -2.23. The van der Waals surface area contributed by atoms with Crippen molar-refractivity contribution in [2.45, 2.75) is 18.2 Å². The third-order valence-corrected chi connectivity index (χ3v) is 4.86. The lowest BCUT2D eigenvalue weighted by molar-refractivity contribution is 0.410. The second-order valence-electron chi connectivity index (χ2n) is 5.15. The highest BCUT2D eigenvalue weighted by atomic mass is 32.2. The average molecular weight is 331 g/mol. The molecule has 5 heteroatoms. The summed E-state index contributed by atoms with van der Waals surface area (Å²) in [5.74, 6) is 0.831. The van der Waals surface area contributed by atoms with Crippen LogP contribution in [0, 0.1) is 6.92 Å². The number of hydrogen-bond acceptors (Lipinski definition) is 3. The SMILES string of the molecule is COc1ccccc1C/C=C\CNS(=O)(=O)c1ccc(C)cc1. The summed E-state index contributed by atoms with van der Waals surface area (Å²) in [6.07, 6.45) is 4.42. The third-order valence-electron chi connectivity index (χ3n) is 3.42. The summed E-state index contributed by atoms with van der Waals surface area (Å²) in [6.45, 7) is 2.18. The van der Waals surface area contributed by atoms with Crippen LogP contribution in [0.25, 0.3) is 0 Å². The molecule has 0 aromatic heterocycles. The van der Waals surface area contributed by atoms with Gasteiger partial charge < -0.3 is 4.74 Å². The van der Waals surface area contributed by atoms with Crippen LogP contribution in [0.3, 0.4) is 0 Å². The topological polar surface area (TPSA) is 55.4 Å². The molecule has 0 amide bonds. The third kappa shape index (κ3) is 4.94. The molecule has 4 nitrogen and oxygen atoms in total. The molecule has 0 unspecified atom stereocenters. The normalized spacial score (nSPS) is 11.7. The molecule has 1 N–H and O–H groups in total. The van der Waals surface area contributed by atoms with Gasteiger partial charge in [-0.3, -0.25) is 0 Å². The minimum atomic E-state index is -3.46. The Morgan fingerprint density at radius 3 is 2.43 bits per heavy atom. The Balaban J connectivity index is 1.90. The van der Waals surface area contributed by atoms with Crippen molar-refractivity contribution in [1.29, 1.82) is 0 Å². The smallest absolute Gasteiger partial charge is 0.240 e. The van der Waals surface area contributed by atoms with Gasteiger partial charge in [-0.2, -0.15) is 0 Å². The van der Waals surface area contributed by atoms with E-state index in [0.29, 0.717) is 6.42 Å². The first-order valence-electron chi connectivity index (χ1n) is 7.36. The maximum atomic E-state index is 12.1. The van der Waals surface area contributed by atoms with E-state index in [1.54, 1.807) is 37.5 Å². The second-order valence-corrected chi connectivity index (χ2v) is 6.92. The number of ether oxygens (including phenoxy) is 1. The lowest BCUT2D eigenvalue weighted by Gasteiger charge is -2.06. The van der Waals surface area contributed by atoms with Crippen LogP contribution in [-0.4, -0.2) is 22.1 Å². The first-order valence-corrected chi connectivity index (χ1v) is 8.84. The summed E-state index contributed by atoms with van der Waals surface area (Å²) >= 11 is 0. The van der Waals surface area contributed by atoms with Gasteiger partial charge in [0.25, 0.3) is 0 Å². The van der Waals surface area contributed by atoms with E-state index in [1.807, 2.05) is 37.3 Å². The predicted molar refractivity (Wildman–Crippen MR) is 92.2 cm³/mol. The molecule has 0 aliphatic heterocycles. The number of hydrogen-bond donors (Lipinski definition) is 1. The van der Waals surface area contributed by atoms with E-state index >= 15 is 0 Å². The number of methoxy groups -OCH3 is 1. The largest absolute Gasteiger partial charge is 0.496 e. The highest BCUT2D eigenvalue weighted by Gasteiger charge is 2.11. The van der Waals surface area contributed by atoms with E-state index in [0.717, 1.165) is 16.9 Å². The predicted octanol–water partition coefficient (Wildman–Crippen LogP) is 3.08. The van der Waals surface area contributed by atoms with Gasteiger partial charge in [-0.25, -0.2) is 13.1 Å². The maximum absolute atomic E-state index is 12.1. The van der Waals surface area contributed by atoms with Crippen molar-refractivity contribution < 1.29 is 13.2 Å². The van der Waals surface area contributed by atoms with Crippen LogP contribution < -0.4 is 9.46 Å². The van der Waals surface area contributed by atoms with Crippen LogP contribution in [0.15, 0.2) is 65.6 Å². The van der Waals surface area contributed by atoms with Crippen LogP contribution in [0.1, 0.15) is 11.1 Å². The van der Waals surface area contributed by atoms with Gasteiger partial charge in [-0.1, -0.05) is 48.0 Å². The molecule has 2 aromatic rings. The fourth-order valence-corrected chi connectivity index (χ4v) is 3.10. The Morgan fingerprint density at radius 2 is 1.74 bits per heavy atom. The van der Waals surface area contributed by atoms with Gasteiger partial charge in [0.15, 0.2) is 0 Å². The molecule has 0 saturated carbocycles. The summed E-state index contributed by atoms with van der Waals surface area (Å²) in [4.78, 5) is 0.279. The molecule has 2 aromatic carbocycles. The first kappa shape index (κ1) is 17.2. The lowest BCUT2D eigenvalue weighted by atomic mass is 10.1. The Bertz CT molecular complexity index is 765. The van der Waals surface area contributed by atoms with Gasteiger partial charge in [0.2, 0.25) is 10.0 Å². The molecule has 0 fully saturated rings. The molecule has 0 spiro atoms. The molecule has 0 aliphatic rings. The second kappa shape index (κ2) is 7.94. The highest BCUT2D eigenvalue weighted by molar-refractivity contribution is 7.89. The summed E-state index contributed by atoms with van der Waals surface area (Å²) in [7, 11) is -1.82. The molecular weight excluding hydrogens is 310 g/mol. The number of aryl methyl sites for hydroxylation is 1. The average Bonchev–Trinajstić information content (AvgIpc) is 2.55. The molecule has 0 saturated heterocycles. The van der Waals surface area contributed by atoms with Crippen LogP contribution in [-0.2, 0) is 16.4 Å². The molecule has 122 valence electrons. The number of benzene rings is 2. The Labute approximate surface area is 137 Å². The standard InChI is InChI=1S/C18H21NO3S/c1-15-10-12-17(13-11-15)23(20,21)19-14-6-5-8-16-7-3-4-9-18(16)22-2/h3-7,9-13,19H,8,14H2,1-2H3/b6-5-. The summed E-state index contributed by atoms with van der Waals surface area (Å²) in [6, 6.07) is 14.5. The number of para-hydroxylation sites is 1. The van der Waals surface area contributed by atoms with E-state index < -0.39 is 10.0 Å². The van der Waals surface area contributed by atoms with E-state index in [9.17, 15) is 8.42 Å². The van der Waals surface area contributed by atoms with Crippen molar-refractivity contribution in [3.63, 3.8) is 0 Å². The van der Waals surface area contributed by atoms with Crippen molar-refractivity contribution in [3.05, 3.63) is 71.8 Å².